The monoisotopic (exact) mass is 305 g/mol. The zero-order valence-corrected chi connectivity index (χ0v) is 14.1. The molecule has 3 nitrogen and oxygen atoms in total. The summed E-state index contributed by atoms with van der Waals surface area (Å²) in [7, 11) is 0. The van der Waals surface area contributed by atoms with Gasteiger partial charge in [0.15, 0.2) is 0 Å². The number of nitrogens with zero attached hydrogens (tertiary/aromatic N) is 1. The first-order valence-electron chi connectivity index (χ1n) is 9.40. The van der Waals surface area contributed by atoms with E-state index in [9.17, 15) is 10.3 Å². The minimum absolute atomic E-state index is 0.0623. The molecule has 0 bridgehead atoms. The second-order valence-electron chi connectivity index (χ2n) is 9.10. The summed E-state index contributed by atoms with van der Waals surface area (Å²) in [6, 6.07) is 0. The van der Waals surface area contributed by atoms with Crippen LogP contribution in [0.2, 0.25) is 0 Å². The Morgan fingerprint density at radius 2 is 1.86 bits per heavy atom. The van der Waals surface area contributed by atoms with Crippen molar-refractivity contribution in [2.75, 3.05) is 0 Å². The van der Waals surface area contributed by atoms with Crippen molar-refractivity contribution in [1.29, 1.82) is 0 Å². The maximum absolute atomic E-state index is 10.7. The molecule has 4 fully saturated rings. The minimum Gasteiger partial charge on any atom is -0.411 e. The third-order valence-electron chi connectivity index (χ3n) is 8.43. The van der Waals surface area contributed by atoms with Crippen LogP contribution in [0.25, 0.3) is 0 Å². The molecule has 0 aromatic carbocycles. The van der Waals surface area contributed by atoms with Crippen molar-refractivity contribution in [3.05, 3.63) is 0 Å². The highest BCUT2D eigenvalue weighted by molar-refractivity contribution is 5.92. The lowest BCUT2D eigenvalue weighted by atomic mass is 9.45. The number of fused-ring (bicyclic) bond motifs is 5. The minimum atomic E-state index is -0.299. The van der Waals surface area contributed by atoms with Gasteiger partial charge in [-0.25, -0.2) is 0 Å². The Bertz CT molecular complexity index is 490. The van der Waals surface area contributed by atoms with E-state index in [2.05, 4.69) is 19.0 Å². The number of hydrogen-bond donors (Lipinski definition) is 2. The number of aliphatic hydroxyl groups is 1. The average molecular weight is 305 g/mol. The summed E-state index contributed by atoms with van der Waals surface area (Å²) >= 11 is 0. The summed E-state index contributed by atoms with van der Waals surface area (Å²) in [5.74, 6) is 2.64. The molecule has 0 amide bonds. The third-order valence-corrected chi connectivity index (χ3v) is 8.43. The van der Waals surface area contributed by atoms with Crippen LogP contribution in [-0.4, -0.2) is 22.1 Å². The van der Waals surface area contributed by atoms with Gasteiger partial charge in [0.2, 0.25) is 0 Å². The highest BCUT2D eigenvalue weighted by Crippen LogP contribution is 2.65. The average Bonchev–Trinajstić information content (AvgIpc) is 2.77. The predicted molar refractivity (Wildman–Crippen MR) is 87.0 cm³/mol. The van der Waals surface area contributed by atoms with Gasteiger partial charge < -0.3 is 10.3 Å². The Morgan fingerprint density at radius 1 is 1.05 bits per heavy atom. The molecular formula is C19H31NO2. The maximum atomic E-state index is 10.7. The highest BCUT2D eigenvalue weighted by atomic mass is 16.4. The highest BCUT2D eigenvalue weighted by Gasteiger charge is 2.61. The number of rotatable bonds is 0. The van der Waals surface area contributed by atoms with E-state index in [4.69, 9.17) is 0 Å². The molecule has 0 heterocycles. The van der Waals surface area contributed by atoms with E-state index in [1.54, 1.807) is 0 Å². The molecule has 1 unspecified atom stereocenters. The number of aliphatic hydroxyl groups excluding tert-OH is 1. The van der Waals surface area contributed by atoms with Gasteiger partial charge >= 0.3 is 0 Å². The molecule has 0 saturated heterocycles. The molecule has 0 aliphatic heterocycles. The van der Waals surface area contributed by atoms with Crippen LogP contribution in [0.3, 0.4) is 0 Å². The van der Waals surface area contributed by atoms with Gasteiger partial charge in [-0.15, -0.1) is 0 Å². The Hall–Kier alpha value is -0.570. The van der Waals surface area contributed by atoms with Gasteiger partial charge in [0, 0.05) is 11.8 Å². The molecule has 22 heavy (non-hydrogen) atoms. The Morgan fingerprint density at radius 3 is 2.64 bits per heavy atom. The topological polar surface area (TPSA) is 52.8 Å². The standard InChI is InChI=1S/C19H31NO2/c1-18-9-4-3-5-12(18)6-7-13-14(18)8-10-19(2)16(20-22)11-15(21)17(13)19/h12-15,17,21-22H,3-11H2,1-2H3/t12-,13-,14+,15?,17-,18+,19-/m1/s1. The van der Waals surface area contributed by atoms with Gasteiger partial charge in [-0.1, -0.05) is 31.8 Å². The lowest BCUT2D eigenvalue weighted by Gasteiger charge is -2.60. The van der Waals surface area contributed by atoms with Crippen LogP contribution < -0.4 is 0 Å². The zero-order valence-electron chi connectivity index (χ0n) is 14.1. The van der Waals surface area contributed by atoms with E-state index in [1.165, 1.54) is 44.9 Å². The van der Waals surface area contributed by atoms with E-state index in [0.29, 0.717) is 23.7 Å². The van der Waals surface area contributed by atoms with Crippen molar-refractivity contribution < 1.29 is 10.3 Å². The van der Waals surface area contributed by atoms with Crippen molar-refractivity contribution in [1.82, 2.24) is 0 Å². The van der Waals surface area contributed by atoms with Crippen LogP contribution in [0.5, 0.6) is 0 Å². The maximum Gasteiger partial charge on any atom is 0.0659 e. The van der Waals surface area contributed by atoms with Crippen molar-refractivity contribution >= 4 is 5.71 Å². The van der Waals surface area contributed by atoms with E-state index < -0.39 is 0 Å². The molecule has 4 saturated carbocycles. The Balaban J connectivity index is 1.69. The molecule has 7 atom stereocenters. The van der Waals surface area contributed by atoms with Crippen LogP contribution in [0, 0.1) is 34.5 Å². The molecule has 0 aromatic rings. The van der Waals surface area contributed by atoms with E-state index in [0.717, 1.165) is 24.0 Å². The molecule has 4 rings (SSSR count). The van der Waals surface area contributed by atoms with Crippen LogP contribution in [-0.2, 0) is 0 Å². The quantitative estimate of drug-likeness (QED) is 0.520. The van der Waals surface area contributed by atoms with Crippen LogP contribution in [0.4, 0.5) is 0 Å². The van der Waals surface area contributed by atoms with Crippen LogP contribution in [0.15, 0.2) is 5.16 Å². The van der Waals surface area contributed by atoms with Crippen molar-refractivity contribution in [2.45, 2.75) is 77.7 Å². The predicted octanol–water partition coefficient (Wildman–Crippen LogP) is 4.22. The smallest absolute Gasteiger partial charge is 0.0659 e. The molecule has 4 aliphatic carbocycles. The largest absolute Gasteiger partial charge is 0.411 e. The molecule has 0 radical (unpaired) electrons. The van der Waals surface area contributed by atoms with Crippen LogP contribution >= 0.6 is 0 Å². The summed E-state index contributed by atoms with van der Waals surface area (Å²) in [6.07, 6.45) is 10.9. The normalized spacial score (nSPS) is 56.3. The molecule has 0 aromatic heterocycles. The lowest BCUT2D eigenvalue weighted by molar-refractivity contribution is -0.115. The van der Waals surface area contributed by atoms with Gasteiger partial charge in [0.1, 0.15) is 0 Å². The van der Waals surface area contributed by atoms with E-state index in [-0.39, 0.29) is 11.5 Å². The molecule has 0 spiro atoms. The Kier molecular flexibility index (Phi) is 3.38. The lowest BCUT2D eigenvalue weighted by Crippen LogP contribution is -2.54. The number of oxime groups is 1. The first-order valence-corrected chi connectivity index (χ1v) is 9.40. The van der Waals surface area contributed by atoms with Crippen molar-refractivity contribution in [3.8, 4) is 0 Å². The summed E-state index contributed by atoms with van der Waals surface area (Å²) in [6.45, 7) is 4.80. The third kappa shape index (κ3) is 1.81. The SMILES string of the molecule is C[C@]12CCCC[C@@H]1CC[C@@H]1[C@@H]2CC[C@]2(C)C(=NO)CC(O)[C@@H]12. The summed E-state index contributed by atoms with van der Waals surface area (Å²) in [5, 5.41) is 23.7. The summed E-state index contributed by atoms with van der Waals surface area (Å²) in [4.78, 5) is 0. The summed E-state index contributed by atoms with van der Waals surface area (Å²) in [5.41, 5.74) is 1.30. The molecule has 4 aliphatic rings. The molecule has 2 N–H and O–H groups in total. The molecule has 3 heteroatoms. The van der Waals surface area contributed by atoms with Gasteiger partial charge in [0.25, 0.3) is 0 Å². The van der Waals surface area contributed by atoms with Crippen molar-refractivity contribution in [3.63, 3.8) is 0 Å². The Labute approximate surface area is 134 Å². The van der Waals surface area contributed by atoms with Crippen molar-refractivity contribution in [2.24, 2.45) is 39.7 Å². The zero-order chi connectivity index (χ0) is 15.5. The van der Waals surface area contributed by atoms with Gasteiger partial charge in [0.05, 0.1) is 11.8 Å². The molecule has 124 valence electrons. The van der Waals surface area contributed by atoms with Gasteiger partial charge in [-0.05, 0) is 67.6 Å². The van der Waals surface area contributed by atoms with Gasteiger partial charge in [-0.3, -0.25) is 0 Å². The number of hydrogen-bond acceptors (Lipinski definition) is 3. The fourth-order valence-corrected chi connectivity index (χ4v) is 7.30. The fourth-order valence-electron chi connectivity index (χ4n) is 7.30. The van der Waals surface area contributed by atoms with Gasteiger partial charge in [-0.2, -0.15) is 0 Å². The first kappa shape index (κ1) is 15.0. The molecular weight excluding hydrogens is 274 g/mol. The fraction of sp³-hybridized carbons (Fsp3) is 0.947. The first-order chi connectivity index (χ1) is 10.5. The summed E-state index contributed by atoms with van der Waals surface area (Å²) < 4.78 is 0. The van der Waals surface area contributed by atoms with Crippen LogP contribution in [0.1, 0.15) is 71.6 Å². The van der Waals surface area contributed by atoms with E-state index in [1.807, 2.05) is 0 Å². The van der Waals surface area contributed by atoms with E-state index >= 15 is 0 Å². The second-order valence-corrected chi connectivity index (χ2v) is 9.10. The second kappa shape index (κ2) is 4.96.